The molecule has 0 heterocycles. The molecular weight excluding hydrogens is 408 g/mol. The summed E-state index contributed by atoms with van der Waals surface area (Å²) in [5.74, 6) is -0.462. The van der Waals surface area contributed by atoms with Crippen LogP contribution in [-0.4, -0.2) is 20.9 Å². The third kappa shape index (κ3) is 4.96. The van der Waals surface area contributed by atoms with Crippen molar-refractivity contribution in [3.05, 3.63) is 88.9 Å². The van der Waals surface area contributed by atoms with Crippen LogP contribution in [0.2, 0.25) is 5.02 Å². The number of carbonyl (C=O) groups excluding carboxylic acids is 1. The van der Waals surface area contributed by atoms with Crippen molar-refractivity contribution in [3.63, 3.8) is 0 Å². The zero-order valence-electron chi connectivity index (χ0n) is 16.1. The summed E-state index contributed by atoms with van der Waals surface area (Å²) in [6.07, 6.45) is 0. The molecule has 0 aromatic heterocycles. The number of carbonyl (C=O) groups is 1. The molecule has 0 saturated heterocycles. The van der Waals surface area contributed by atoms with E-state index in [1.165, 1.54) is 12.1 Å². The first-order chi connectivity index (χ1) is 13.8. The molecule has 3 aromatic carbocycles. The number of benzene rings is 3. The molecule has 3 aromatic rings. The van der Waals surface area contributed by atoms with Crippen molar-refractivity contribution in [1.29, 1.82) is 0 Å². The number of nitrogens with one attached hydrogen (secondary N) is 1. The number of halogens is 1. The Morgan fingerprint density at radius 3 is 2.38 bits per heavy atom. The van der Waals surface area contributed by atoms with Crippen LogP contribution in [0.25, 0.3) is 0 Å². The third-order valence-electron chi connectivity index (χ3n) is 4.38. The Kier molecular flexibility index (Phi) is 6.25. The fourth-order valence-corrected chi connectivity index (χ4v) is 4.47. The number of hydrogen-bond donors (Lipinski definition) is 1. The number of aryl methyl sites for hydroxylation is 2. The van der Waals surface area contributed by atoms with Gasteiger partial charge >= 0.3 is 0 Å². The van der Waals surface area contributed by atoms with E-state index in [0.717, 1.165) is 15.4 Å². The summed E-state index contributed by atoms with van der Waals surface area (Å²) in [6, 6.07) is 20.2. The van der Waals surface area contributed by atoms with Crippen LogP contribution >= 0.6 is 11.6 Å². The standard InChI is InChI=1S/C22H21ClN2O3S/c1-16-7-6-8-19(13-16)25(29(27,28)20-9-4-3-5-10-20)15-22(26)24-21-14-18(23)12-11-17(21)2/h3-14H,15H2,1-2H3,(H,24,26). The first kappa shape index (κ1) is 20.9. The average molecular weight is 429 g/mol. The molecule has 29 heavy (non-hydrogen) atoms. The van der Waals surface area contributed by atoms with E-state index in [4.69, 9.17) is 11.6 Å². The predicted molar refractivity (Wildman–Crippen MR) is 117 cm³/mol. The summed E-state index contributed by atoms with van der Waals surface area (Å²) in [4.78, 5) is 12.9. The lowest BCUT2D eigenvalue weighted by atomic mass is 10.2. The molecule has 3 rings (SSSR count). The van der Waals surface area contributed by atoms with E-state index in [1.807, 2.05) is 19.9 Å². The van der Waals surface area contributed by atoms with Gasteiger partial charge < -0.3 is 5.32 Å². The number of anilines is 2. The van der Waals surface area contributed by atoms with Gasteiger partial charge in [-0.05, 0) is 61.4 Å². The molecule has 150 valence electrons. The van der Waals surface area contributed by atoms with E-state index in [9.17, 15) is 13.2 Å². The molecular formula is C22H21ClN2O3S. The Balaban J connectivity index is 1.95. The maximum absolute atomic E-state index is 13.3. The minimum Gasteiger partial charge on any atom is -0.324 e. The van der Waals surface area contributed by atoms with Gasteiger partial charge in [0.15, 0.2) is 0 Å². The summed E-state index contributed by atoms with van der Waals surface area (Å²) in [5.41, 5.74) is 2.69. The Morgan fingerprint density at radius 2 is 1.69 bits per heavy atom. The molecule has 1 amide bonds. The molecule has 0 spiro atoms. The highest BCUT2D eigenvalue weighted by molar-refractivity contribution is 7.92. The number of hydrogen-bond acceptors (Lipinski definition) is 3. The van der Waals surface area contributed by atoms with Gasteiger partial charge in [0.25, 0.3) is 10.0 Å². The molecule has 0 atom stereocenters. The van der Waals surface area contributed by atoms with E-state index in [2.05, 4.69) is 5.32 Å². The van der Waals surface area contributed by atoms with Gasteiger partial charge in [-0.1, -0.05) is 48.0 Å². The molecule has 0 aliphatic rings. The molecule has 0 unspecified atom stereocenters. The monoisotopic (exact) mass is 428 g/mol. The van der Waals surface area contributed by atoms with Crippen LogP contribution in [0.15, 0.2) is 77.7 Å². The summed E-state index contributed by atoms with van der Waals surface area (Å²) < 4.78 is 27.7. The van der Waals surface area contributed by atoms with E-state index in [1.54, 1.807) is 54.6 Å². The smallest absolute Gasteiger partial charge is 0.264 e. The van der Waals surface area contributed by atoms with Gasteiger partial charge in [-0.25, -0.2) is 8.42 Å². The fraction of sp³-hybridized carbons (Fsp3) is 0.136. The molecule has 0 aliphatic heterocycles. The van der Waals surface area contributed by atoms with Crippen molar-refractivity contribution in [3.8, 4) is 0 Å². The van der Waals surface area contributed by atoms with E-state index < -0.39 is 15.9 Å². The fourth-order valence-electron chi connectivity index (χ4n) is 2.87. The lowest BCUT2D eigenvalue weighted by Crippen LogP contribution is -2.38. The number of rotatable bonds is 6. The van der Waals surface area contributed by atoms with Crippen LogP contribution in [-0.2, 0) is 14.8 Å². The first-order valence-corrected chi connectivity index (χ1v) is 10.8. The van der Waals surface area contributed by atoms with Crippen molar-refractivity contribution in [2.24, 2.45) is 0 Å². The van der Waals surface area contributed by atoms with Crippen molar-refractivity contribution in [2.75, 3.05) is 16.2 Å². The van der Waals surface area contributed by atoms with Crippen LogP contribution < -0.4 is 9.62 Å². The van der Waals surface area contributed by atoms with Crippen LogP contribution in [0.4, 0.5) is 11.4 Å². The van der Waals surface area contributed by atoms with Crippen LogP contribution in [0.1, 0.15) is 11.1 Å². The lowest BCUT2D eigenvalue weighted by Gasteiger charge is -2.24. The van der Waals surface area contributed by atoms with Gasteiger partial charge in [0.05, 0.1) is 10.6 Å². The highest BCUT2D eigenvalue weighted by Gasteiger charge is 2.27. The zero-order valence-corrected chi connectivity index (χ0v) is 17.7. The minimum absolute atomic E-state index is 0.119. The van der Waals surface area contributed by atoms with E-state index >= 15 is 0 Å². The Bertz CT molecular complexity index is 1130. The summed E-state index contributed by atoms with van der Waals surface area (Å²) >= 11 is 6.01. The highest BCUT2D eigenvalue weighted by atomic mass is 35.5. The quantitative estimate of drug-likeness (QED) is 0.613. The SMILES string of the molecule is Cc1cccc(N(CC(=O)Nc2cc(Cl)ccc2C)S(=O)(=O)c2ccccc2)c1. The molecule has 0 radical (unpaired) electrons. The molecule has 0 saturated carbocycles. The van der Waals surface area contributed by atoms with Crippen molar-refractivity contribution < 1.29 is 13.2 Å². The molecule has 5 nitrogen and oxygen atoms in total. The summed E-state index contributed by atoms with van der Waals surface area (Å²) in [6.45, 7) is 3.34. The first-order valence-electron chi connectivity index (χ1n) is 8.98. The zero-order chi connectivity index (χ0) is 21.0. The molecule has 0 bridgehead atoms. The van der Waals surface area contributed by atoms with Gasteiger partial charge in [-0.2, -0.15) is 0 Å². The second-order valence-corrected chi connectivity index (χ2v) is 8.97. The van der Waals surface area contributed by atoms with Crippen molar-refractivity contribution >= 4 is 38.9 Å². The Hall–Kier alpha value is -2.83. The Morgan fingerprint density at radius 1 is 0.966 bits per heavy atom. The molecule has 7 heteroatoms. The minimum atomic E-state index is -3.93. The number of amides is 1. The van der Waals surface area contributed by atoms with E-state index in [0.29, 0.717) is 16.4 Å². The van der Waals surface area contributed by atoms with Crippen molar-refractivity contribution in [1.82, 2.24) is 0 Å². The van der Waals surface area contributed by atoms with Crippen LogP contribution in [0, 0.1) is 13.8 Å². The summed E-state index contributed by atoms with van der Waals surface area (Å²) in [7, 11) is -3.93. The van der Waals surface area contributed by atoms with Gasteiger partial charge in [0.1, 0.15) is 6.54 Å². The molecule has 1 N–H and O–H groups in total. The maximum Gasteiger partial charge on any atom is 0.264 e. The van der Waals surface area contributed by atoms with E-state index in [-0.39, 0.29) is 11.4 Å². The maximum atomic E-state index is 13.3. The number of nitrogens with zero attached hydrogens (tertiary/aromatic N) is 1. The summed E-state index contributed by atoms with van der Waals surface area (Å²) in [5, 5.41) is 3.24. The second kappa shape index (κ2) is 8.68. The normalized spacial score (nSPS) is 11.1. The van der Waals surface area contributed by atoms with Crippen LogP contribution in [0.5, 0.6) is 0 Å². The predicted octanol–water partition coefficient (Wildman–Crippen LogP) is 4.79. The van der Waals surface area contributed by atoms with Crippen molar-refractivity contribution in [2.45, 2.75) is 18.7 Å². The number of sulfonamides is 1. The van der Waals surface area contributed by atoms with Gasteiger partial charge in [-0.15, -0.1) is 0 Å². The molecule has 0 fully saturated rings. The van der Waals surface area contributed by atoms with Gasteiger partial charge in [0, 0.05) is 10.7 Å². The third-order valence-corrected chi connectivity index (χ3v) is 6.40. The van der Waals surface area contributed by atoms with Crippen LogP contribution in [0.3, 0.4) is 0 Å². The lowest BCUT2D eigenvalue weighted by molar-refractivity contribution is -0.114. The van der Waals surface area contributed by atoms with Gasteiger partial charge in [-0.3, -0.25) is 9.10 Å². The highest BCUT2D eigenvalue weighted by Crippen LogP contribution is 2.25. The largest absolute Gasteiger partial charge is 0.324 e. The average Bonchev–Trinajstić information content (AvgIpc) is 2.69. The van der Waals surface area contributed by atoms with Gasteiger partial charge in [0.2, 0.25) is 5.91 Å². The Labute approximate surface area is 176 Å². The topological polar surface area (TPSA) is 66.5 Å². The second-order valence-electron chi connectivity index (χ2n) is 6.67. The molecule has 0 aliphatic carbocycles.